The monoisotopic (exact) mass is 277 g/mol. The highest BCUT2D eigenvalue weighted by Gasteiger charge is 2.17. The van der Waals surface area contributed by atoms with Crippen LogP contribution in [0, 0.1) is 0 Å². The van der Waals surface area contributed by atoms with E-state index < -0.39 is 10.0 Å². The summed E-state index contributed by atoms with van der Waals surface area (Å²) in [5.74, 6) is 1.16. The molecule has 2 rings (SSSR count). The second kappa shape index (κ2) is 5.42. The van der Waals surface area contributed by atoms with Gasteiger partial charge in [-0.25, -0.2) is 12.7 Å². The van der Waals surface area contributed by atoms with E-state index in [0.717, 1.165) is 0 Å². The van der Waals surface area contributed by atoms with Crippen LogP contribution >= 0.6 is 0 Å². The van der Waals surface area contributed by atoms with Crippen molar-refractivity contribution in [1.82, 2.24) is 4.31 Å². The summed E-state index contributed by atoms with van der Waals surface area (Å²) in [6, 6.07) is 15.7. The SMILES string of the molecule is CN(C)S(=O)(=O)c1cccc(Oc2ccccc2)c1. The van der Waals surface area contributed by atoms with Gasteiger partial charge in [0.15, 0.2) is 0 Å². The van der Waals surface area contributed by atoms with E-state index >= 15 is 0 Å². The Kier molecular flexibility index (Phi) is 3.87. The van der Waals surface area contributed by atoms with E-state index in [-0.39, 0.29) is 4.90 Å². The molecule has 0 aliphatic rings. The highest BCUT2D eigenvalue weighted by atomic mass is 32.2. The van der Waals surface area contributed by atoms with Crippen LogP contribution in [0.25, 0.3) is 0 Å². The minimum Gasteiger partial charge on any atom is -0.457 e. The van der Waals surface area contributed by atoms with Crippen molar-refractivity contribution < 1.29 is 13.2 Å². The van der Waals surface area contributed by atoms with Gasteiger partial charge in [0.2, 0.25) is 10.0 Å². The maximum Gasteiger partial charge on any atom is 0.242 e. The Labute approximate surface area is 113 Å². The van der Waals surface area contributed by atoms with E-state index in [2.05, 4.69) is 0 Å². The molecule has 19 heavy (non-hydrogen) atoms. The largest absolute Gasteiger partial charge is 0.457 e. The van der Waals surface area contributed by atoms with E-state index in [0.29, 0.717) is 11.5 Å². The average molecular weight is 277 g/mol. The Morgan fingerprint density at radius 1 is 0.895 bits per heavy atom. The number of rotatable bonds is 4. The van der Waals surface area contributed by atoms with Crippen molar-refractivity contribution >= 4 is 10.0 Å². The second-order valence-corrected chi connectivity index (χ2v) is 6.33. The minimum atomic E-state index is -3.44. The molecule has 0 unspecified atom stereocenters. The first-order valence-electron chi connectivity index (χ1n) is 5.75. The number of nitrogens with zero attached hydrogens (tertiary/aromatic N) is 1. The molecule has 0 bridgehead atoms. The summed E-state index contributed by atoms with van der Waals surface area (Å²) >= 11 is 0. The lowest BCUT2D eigenvalue weighted by Crippen LogP contribution is -2.22. The molecule has 0 aliphatic heterocycles. The van der Waals surface area contributed by atoms with Crippen LogP contribution in [0.3, 0.4) is 0 Å². The summed E-state index contributed by atoms with van der Waals surface area (Å²) in [4.78, 5) is 0.214. The quantitative estimate of drug-likeness (QED) is 0.863. The molecular weight excluding hydrogens is 262 g/mol. The zero-order chi connectivity index (χ0) is 13.9. The van der Waals surface area contributed by atoms with E-state index in [1.165, 1.54) is 24.5 Å². The number of ether oxygens (including phenoxy) is 1. The van der Waals surface area contributed by atoms with E-state index in [4.69, 9.17) is 4.74 Å². The lowest BCUT2D eigenvalue weighted by molar-refractivity contribution is 0.479. The third-order valence-electron chi connectivity index (χ3n) is 2.56. The maximum absolute atomic E-state index is 12.0. The lowest BCUT2D eigenvalue weighted by atomic mass is 10.3. The van der Waals surface area contributed by atoms with Crippen LogP contribution in [0.5, 0.6) is 11.5 Å². The van der Waals surface area contributed by atoms with Gasteiger partial charge in [-0.2, -0.15) is 0 Å². The molecule has 0 saturated carbocycles. The van der Waals surface area contributed by atoms with Crippen molar-refractivity contribution in [3.8, 4) is 11.5 Å². The Morgan fingerprint density at radius 3 is 2.16 bits per heavy atom. The number of hydrogen-bond donors (Lipinski definition) is 0. The molecule has 0 fully saturated rings. The number of hydrogen-bond acceptors (Lipinski definition) is 3. The number of sulfonamides is 1. The second-order valence-electron chi connectivity index (χ2n) is 4.18. The van der Waals surface area contributed by atoms with Crippen molar-refractivity contribution in [2.75, 3.05) is 14.1 Å². The van der Waals surface area contributed by atoms with Crippen LogP contribution in [0.15, 0.2) is 59.5 Å². The third-order valence-corrected chi connectivity index (χ3v) is 4.37. The minimum absolute atomic E-state index is 0.214. The summed E-state index contributed by atoms with van der Waals surface area (Å²) in [6.07, 6.45) is 0. The van der Waals surface area contributed by atoms with Crippen molar-refractivity contribution in [2.24, 2.45) is 0 Å². The van der Waals surface area contributed by atoms with Gasteiger partial charge in [0.1, 0.15) is 11.5 Å². The molecule has 0 aromatic heterocycles. The Hall–Kier alpha value is -1.85. The molecule has 0 saturated heterocycles. The molecule has 0 aliphatic carbocycles. The lowest BCUT2D eigenvalue weighted by Gasteiger charge is -2.12. The Morgan fingerprint density at radius 2 is 1.53 bits per heavy atom. The van der Waals surface area contributed by atoms with Crippen LogP contribution in [-0.2, 0) is 10.0 Å². The molecule has 0 radical (unpaired) electrons. The smallest absolute Gasteiger partial charge is 0.242 e. The first-order valence-corrected chi connectivity index (χ1v) is 7.19. The van der Waals surface area contributed by atoms with Gasteiger partial charge in [0.05, 0.1) is 4.90 Å². The maximum atomic E-state index is 12.0. The fourth-order valence-electron chi connectivity index (χ4n) is 1.53. The fourth-order valence-corrected chi connectivity index (χ4v) is 2.47. The van der Waals surface area contributed by atoms with Crippen LogP contribution < -0.4 is 4.74 Å². The van der Waals surface area contributed by atoms with Crippen molar-refractivity contribution in [1.29, 1.82) is 0 Å². The van der Waals surface area contributed by atoms with Gasteiger partial charge >= 0.3 is 0 Å². The molecule has 2 aromatic rings. The predicted molar refractivity (Wildman–Crippen MR) is 73.8 cm³/mol. The molecule has 0 spiro atoms. The average Bonchev–Trinajstić information content (AvgIpc) is 2.40. The fraction of sp³-hybridized carbons (Fsp3) is 0.143. The molecule has 0 N–H and O–H groups in total. The van der Waals surface area contributed by atoms with E-state index in [1.54, 1.807) is 18.2 Å². The first kappa shape index (κ1) is 13.6. The van der Waals surface area contributed by atoms with Crippen LogP contribution in [0.1, 0.15) is 0 Å². The highest BCUT2D eigenvalue weighted by molar-refractivity contribution is 7.89. The van der Waals surface area contributed by atoms with Crippen molar-refractivity contribution in [3.05, 3.63) is 54.6 Å². The molecule has 100 valence electrons. The molecule has 0 amide bonds. The molecule has 0 heterocycles. The van der Waals surface area contributed by atoms with Crippen LogP contribution in [0.4, 0.5) is 0 Å². The van der Waals surface area contributed by atoms with Gasteiger partial charge in [-0.1, -0.05) is 24.3 Å². The first-order chi connectivity index (χ1) is 9.00. The summed E-state index contributed by atoms with van der Waals surface area (Å²) in [6.45, 7) is 0. The molecule has 2 aromatic carbocycles. The van der Waals surface area contributed by atoms with E-state index in [9.17, 15) is 8.42 Å². The van der Waals surface area contributed by atoms with Crippen LogP contribution in [0.2, 0.25) is 0 Å². The highest BCUT2D eigenvalue weighted by Crippen LogP contribution is 2.24. The van der Waals surface area contributed by atoms with Gasteiger partial charge in [0, 0.05) is 20.2 Å². The zero-order valence-electron chi connectivity index (χ0n) is 10.8. The number of para-hydroxylation sites is 1. The molecular formula is C14H15NO3S. The Balaban J connectivity index is 2.31. The van der Waals surface area contributed by atoms with Gasteiger partial charge in [-0.15, -0.1) is 0 Å². The summed E-state index contributed by atoms with van der Waals surface area (Å²) < 4.78 is 30.8. The van der Waals surface area contributed by atoms with Gasteiger partial charge in [-0.3, -0.25) is 0 Å². The topological polar surface area (TPSA) is 46.6 Å². The third kappa shape index (κ3) is 3.13. The summed E-state index contributed by atoms with van der Waals surface area (Å²) in [7, 11) is -0.438. The standard InChI is InChI=1S/C14H15NO3S/c1-15(2)19(16,17)14-10-6-9-13(11-14)18-12-7-4-3-5-8-12/h3-11H,1-2H3. The Bertz CT molecular complexity index is 651. The van der Waals surface area contributed by atoms with Gasteiger partial charge < -0.3 is 4.74 Å². The molecule has 5 heteroatoms. The predicted octanol–water partition coefficient (Wildman–Crippen LogP) is 2.73. The van der Waals surface area contributed by atoms with Crippen molar-refractivity contribution in [3.63, 3.8) is 0 Å². The van der Waals surface area contributed by atoms with Gasteiger partial charge in [-0.05, 0) is 24.3 Å². The van der Waals surface area contributed by atoms with Gasteiger partial charge in [0.25, 0.3) is 0 Å². The molecule has 4 nitrogen and oxygen atoms in total. The summed E-state index contributed by atoms with van der Waals surface area (Å²) in [5, 5.41) is 0. The summed E-state index contributed by atoms with van der Waals surface area (Å²) in [5.41, 5.74) is 0. The van der Waals surface area contributed by atoms with Crippen molar-refractivity contribution in [2.45, 2.75) is 4.90 Å². The molecule has 0 atom stereocenters. The zero-order valence-corrected chi connectivity index (χ0v) is 11.6. The number of benzene rings is 2. The van der Waals surface area contributed by atoms with Crippen LogP contribution in [-0.4, -0.2) is 26.8 Å². The normalized spacial score (nSPS) is 11.5. The van der Waals surface area contributed by atoms with E-state index in [1.807, 2.05) is 30.3 Å².